The molecular formula is C26H27N9O. The molecule has 1 saturated heterocycles. The molecular weight excluding hydrogens is 454 g/mol. The third kappa shape index (κ3) is 3.88. The highest BCUT2D eigenvalue weighted by molar-refractivity contribution is 5.82. The van der Waals surface area contributed by atoms with E-state index in [9.17, 15) is 10.1 Å². The number of nitriles is 1. The van der Waals surface area contributed by atoms with Crippen LogP contribution in [-0.2, 0) is 4.79 Å². The third-order valence-electron chi connectivity index (χ3n) is 7.88. The molecule has 1 aliphatic heterocycles. The number of tetrazole rings is 1. The van der Waals surface area contributed by atoms with Crippen LogP contribution >= 0.6 is 0 Å². The van der Waals surface area contributed by atoms with Crippen molar-refractivity contribution in [2.24, 2.45) is 11.8 Å². The van der Waals surface area contributed by atoms with Crippen molar-refractivity contribution in [3.63, 3.8) is 0 Å². The number of nitrogens with zero attached hydrogens (tertiary/aromatic N) is 8. The van der Waals surface area contributed by atoms with Gasteiger partial charge in [0.2, 0.25) is 5.91 Å². The van der Waals surface area contributed by atoms with E-state index in [-0.39, 0.29) is 12.0 Å². The quantitative estimate of drug-likeness (QED) is 0.569. The molecule has 3 aliphatic carbocycles. The van der Waals surface area contributed by atoms with Crippen molar-refractivity contribution >= 4 is 11.7 Å². The number of pyridine rings is 2. The predicted octanol–water partition coefficient (Wildman–Crippen LogP) is 2.91. The first kappa shape index (κ1) is 21.4. The van der Waals surface area contributed by atoms with E-state index in [4.69, 9.17) is 4.98 Å². The van der Waals surface area contributed by atoms with Crippen molar-refractivity contribution < 1.29 is 4.79 Å². The molecule has 3 aromatic heterocycles. The molecule has 3 aromatic rings. The Labute approximate surface area is 208 Å². The van der Waals surface area contributed by atoms with Gasteiger partial charge in [-0.1, -0.05) is 0 Å². The molecule has 1 N–H and O–H groups in total. The van der Waals surface area contributed by atoms with E-state index < -0.39 is 0 Å². The Morgan fingerprint density at radius 2 is 1.89 bits per heavy atom. The minimum absolute atomic E-state index is 0.223. The SMILES string of the molecule is N#Cc1cc(-c2cncc(-c3nnn[nH]3)c2)c(C2CC2)nc1N1CCN(C(=O)C2CC2)[C@H](C2CC2)C1. The van der Waals surface area contributed by atoms with Gasteiger partial charge in [-0.3, -0.25) is 9.78 Å². The van der Waals surface area contributed by atoms with Gasteiger partial charge in [-0.25, -0.2) is 10.1 Å². The van der Waals surface area contributed by atoms with E-state index in [0.29, 0.717) is 42.2 Å². The number of amides is 1. The molecule has 3 saturated carbocycles. The maximum atomic E-state index is 13.0. The van der Waals surface area contributed by atoms with Crippen molar-refractivity contribution in [2.75, 3.05) is 24.5 Å². The number of carbonyl (C=O) groups is 1. The van der Waals surface area contributed by atoms with Crippen LogP contribution < -0.4 is 4.90 Å². The molecule has 36 heavy (non-hydrogen) atoms. The molecule has 0 radical (unpaired) electrons. The van der Waals surface area contributed by atoms with Crippen LogP contribution in [0.4, 0.5) is 5.82 Å². The molecule has 0 aromatic carbocycles. The van der Waals surface area contributed by atoms with E-state index in [1.54, 1.807) is 6.20 Å². The number of aromatic nitrogens is 6. The first-order chi connectivity index (χ1) is 17.7. The summed E-state index contributed by atoms with van der Waals surface area (Å²) in [6.07, 6.45) is 10.2. The fourth-order valence-electron chi connectivity index (χ4n) is 5.46. The molecule has 4 heterocycles. The molecule has 0 unspecified atom stereocenters. The lowest BCUT2D eigenvalue weighted by Crippen LogP contribution is -2.57. The average Bonchev–Trinajstić information content (AvgIpc) is 3.79. The zero-order chi connectivity index (χ0) is 24.2. The standard InChI is InChI=1S/C26H27N9O/c27-11-18-10-21(19-9-20(13-28-12-19)24-30-32-33-31-24)23(16-3-4-16)29-25(18)34-7-8-35(26(36)17-5-6-17)22(14-34)15-1-2-15/h9-10,12-13,15-17,22H,1-8,14H2,(H,30,31,32,33)/t22-/m0/s1. The Hall–Kier alpha value is -3.87. The molecule has 1 amide bonds. The average molecular weight is 482 g/mol. The fourth-order valence-corrected chi connectivity index (χ4v) is 5.46. The monoisotopic (exact) mass is 481 g/mol. The van der Waals surface area contributed by atoms with Crippen molar-refractivity contribution in [1.82, 2.24) is 35.5 Å². The Balaban J connectivity index is 1.24. The van der Waals surface area contributed by atoms with Crippen LogP contribution in [0.1, 0.15) is 55.7 Å². The van der Waals surface area contributed by atoms with Crippen molar-refractivity contribution in [2.45, 2.75) is 50.5 Å². The van der Waals surface area contributed by atoms with Crippen LogP contribution in [0.5, 0.6) is 0 Å². The van der Waals surface area contributed by atoms with E-state index >= 15 is 0 Å². The maximum Gasteiger partial charge on any atom is 0.226 e. The molecule has 182 valence electrons. The number of hydrogen-bond donors (Lipinski definition) is 1. The van der Waals surface area contributed by atoms with Crippen LogP contribution in [0.2, 0.25) is 0 Å². The number of anilines is 1. The minimum Gasteiger partial charge on any atom is -0.352 e. The normalized spacial score (nSPS) is 21.9. The summed E-state index contributed by atoms with van der Waals surface area (Å²) in [5, 5.41) is 24.3. The zero-order valence-corrected chi connectivity index (χ0v) is 20.0. The molecule has 10 nitrogen and oxygen atoms in total. The minimum atomic E-state index is 0.223. The Morgan fingerprint density at radius 1 is 1.06 bits per heavy atom. The summed E-state index contributed by atoms with van der Waals surface area (Å²) in [6.45, 7) is 2.17. The molecule has 4 aliphatic rings. The summed E-state index contributed by atoms with van der Waals surface area (Å²) >= 11 is 0. The third-order valence-corrected chi connectivity index (χ3v) is 7.88. The van der Waals surface area contributed by atoms with Gasteiger partial charge in [0.15, 0.2) is 5.82 Å². The smallest absolute Gasteiger partial charge is 0.226 e. The second kappa shape index (κ2) is 8.36. The van der Waals surface area contributed by atoms with E-state index in [1.165, 1.54) is 12.8 Å². The number of piperazine rings is 1. The van der Waals surface area contributed by atoms with Gasteiger partial charge in [0.05, 0.1) is 17.3 Å². The Kier molecular flexibility index (Phi) is 4.98. The molecule has 10 heteroatoms. The zero-order valence-electron chi connectivity index (χ0n) is 20.0. The lowest BCUT2D eigenvalue weighted by atomic mass is 9.98. The molecule has 0 spiro atoms. The summed E-state index contributed by atoms with van der Waals surface area (Å²) in [5.74, 6) is 2.84. The van der Waals surface area contributed by atoms with Crippen LogP contribution in [0, 0.1) is 23.2 Å². The van der Waals surface area contributed by atoms with Gasteiger partial charge < -0.3 is 9.80 Å². The van der Waals surface area contributed by atoms with Crippen LogP contribution in [0.15, 0.2) is 24.5 Å². The molecule has 1 atom stereocenters. The summed E-state index contributed by atoms with van der Waals surface area (Å²) in [6, 6.07) is 6.60. The van der Waals surface area contributed by atoms with E-state index in [2.05, 4.69) is 41.5 Å². The summed E-state index contributed by atoms with van der Waals surface area (Å²) in [5.41, 5.74) is 4.22. The Bertz CT molecular complexity index is 1350. The highest BCUT2D eigenvalue weighted by Crippen LogP contribution is 2.46. The maximum absolute atomic E-state index is 13.0. The lowest BCUT2D eigenvalue weighted by molar-refractivity contribution is -0.135. The first-order valence-electron chi connectivity index (χ1n) is 12.9. The predicted molar refractivity (Wildman–Crippen MR) is 130 cm³/mol. The van der Waals surface area contributed by atoms with Gasteiger partial charge in [0, 0.05) is 60.6 Å². The molecule has 4 fully saturated rings. The van der Waals surface area contributed by atoms with Gasteiger partial charge in [-0.2, -0.15) is 5.26 Å². The van der Waals surface area contributed by atoms with Gasteiger partial charge in [0.25, 0.3) is 0 Å². The number of rotatable bonds is 6. The first-order valence-corrected chi connectivity index (χ1v) is 12.9. The van der Waals surface area contributed by atoms with Gasteiger partial charge in [-0.15, -0.1) is 5.10 Å². The fraction of sp³-hybridized carbons (Fsp3) is 0.500. The highest BCUT2D eigenvalue weighted by atomic mass is 16.2. The number of aromatic amines is 1. The second-order valence-electron chi connectivity index (χ2n) is 10.5. The topological polar surface area (TPSA) is 128 Å². The number of hydrogen-bond acceptors (Lipinski definition) is 8. The van der Waals surface area contributed by atoms with Crippen molar-refractivity contribution in [1.29, 1.82) is 5.26 Å². The number of carbonyl (C=O) groups excluding carboxylic acids is 1. The molecule has 0 bridgehead atoms. The van der Waals surface area contributed by atoms with Gasteiger partial charge in [-0.05, 0) is 67.0 Å². The second-order valence-corrected chi connectivity index (χ2v) is 10.5. The van der Waals surface area contributed by atoms with Crippen LogP contribution in [0.3, 0.4) is 0 Å². The highest BCUT2D eigenvalue weighted by Gasteiger charge is 2.45. The lowest BCUT2D eigenvalue weighted by Gasteiger charge is -2.43. The summed E-state index contributed by atoms with van der Waals surface area (Å²) < 4.78 is 0. The largest absolute Gasteiger partial charge is 0.352 e. The van der Waals surface area contributed by atoms with E-state index in [0.717, 1.165) is 60.4 Å². The van der Waals surface area contributed by atoms with Crippen LogP contribution in [-0.4, -0.2) is 67.1 Å². The summed E-state index contributed by atoms with van der Waals surface area (Å²) in [4.78, 5) is 26.9. The van der Waals surface area contributed by atoms with Gasteiger partial charge in [0.1, 0.15) is 11.9 Å². The van der Waals surface area contributed by atoms with Gasteiger partial charge >= 0.3 is 0 Å². The van der Waals surface area contributed by atoms with Crippen LogP contribution in [0.25, 0.3) is 22.5 Å². The molecule has 7 rings (SSSR count). The van der Waals surface area contributed by atoms with Crippen molar-refractivity contribution in [3.8, 4) is 28.6 Å². The summed E-state index contributed by atoms with van der Waals surface area (Å²) in [7, 11) is 0. The number of nitrogens with one attached hydrogen (secondary N) is 1. The Morgan fingerprint density at radius 3 is 2.58 bits per heavy atom. The van der Waals surface area contributed by atoms with E-state index in [1.807, 2.05) is 18.3 Å². The van der Waals surface area contributed by atoms with Crippen molar-refractivity contribution in [3.05, 3.63) is 35.8 Å². The number of H-pyrrole nitrogens is 1.